The van der Waals surface area contributed by atoms with E-state index in [9.17, 15) is 0 Å². The zero-order valence-corrected chi connectivity index (χ0v) is 13.0. The number of thioether (sulfide) groups is 1. The maximum atomic E-state index is 9.03. The Morgan fingerprint density at radius 2 is 2.00 bits per heavy atom. The molecule has 0 aliphatic heterocycles. The summed E-state index contributed by atoms with van der Waals surface area (Å²) >= 11 is 1.42. The molecule has 1 aromatic rings. The lowest BCUT2D eigenvalue weighted by atomic mass is 10.1. The van der Waals surface area contributed by atoms with Gasteiger partial charge in [0.05, 0.1) is 6.07 Å². The number of nitrogens with zero attached hydrogens (tertiary/aromatic N) is 4. The van der Waals surface area contributed by atoms with Crippen molar-refractivity contribution in [1.29, 1.82) is 5.26 Å². The second-order valence-electron chi connectivity index (χ2n) is 4.60. The number of rotatable bonds is 8. The summed E-state index contributed by atoms with van der Waals surface area (Å²) in [5, 5.41) is 15.7. The highest BCUT2D eigenvalue weighted by Crippen LogP contribution is 2.16. The number of anilines is 2. The molecule has 1 rings (SSSR count). The van der Waals surface area contributed by atoms with E-state index in [2.05, 4.69) is 31.7 Å². The standard InChI is InChI=1S/C12H20N6OS/c1-12(2,8-13)18-10-15-9(14-6-5-7-19-3)16-11(17-10)20-4/h5-7H2,1-4H3,(H2,14,15,16,17,18). The van der Waals surface area contributed by atoms with Crippen LogP contribution in [0.2, 0.25) is 0 Å². The van der Waals surface area contributed by atoms with Crippen LogP contribution in [-0.2, 0) is 4.74 Å². The van der Waals surface area contributed by atoms with Crippen molar-refractivity contribution in [3.05, 3.63) is 0 Å². The predicted molar refractivity (Wildman–Crippen MR) is 79.9 cm³/mol. The molecule has 0 aliphatic carbocycles. The minimum atomic E-state index is -0.732. The van der Waals surface area contributed by atoms with E-state index < -0.39 is 5.54 Å². The molecule has 2 N–H and O–H groups in total. The summed E-state index contributed by atoms with van der Waals surface area (Å²) in [6.07, 6.45) is 2.76. The first-order chi connectivity index (χ1) is 9.50. The maximum Gasteiger partial charge on any atom is 0.229 e. The molecule has 0 aromatic carbocycles. The van der Waals surface area contributed by atoms with E-state index in [1.54, 1.807) is 21.0 Å². The Bertz CT molecular complexity index is 474. The molecule has 0 aliphatic rings. The van der Waals surface area contributed by atoms with Crippen molar-refractivity contribution in [2.45, 2.75) is 31.0 Å². The molecule has 1 aromatic heterocycles. The number of methoxy groups -OCH3 is 1. The van der Waals surface area contributed by atoms with Gasteiger partial charge in [-0.05, 0) is 26.5 Å². The number of ether oxygens (including phenoxy) is 1. The highest BCUT2D eigenvalue weighted by atomic mass is 32.2. The van der Waals surface area contributed by atoms with Gasteiger partial charge in [-0.25, -0.2) is 0 Å². The van der Waals surface area contributed by atoms with Crippen molar-refractivity contribution in [3.8, 4) is 6.07 Å². The average molecular weight is 296 g/mol. The molecular weight excluding hydrogens is 276 g/mol. The summed E-state index contributed by atoms with van der Waals surface area (Å²) in [5.74, 6) is 0.891. The molecule has 8 heteroatoms. The van der Waals surface area contributed by atoms with Crippen LogP contribution in [0.15, 0.2) is 5.16 Å². The van der Waals surface area contributed by atoms with Gasteiger partial charge in [-0.2, -0.15) is 20.2 Å². The van der Waals surface area contributed by atoms with Gasteiger partial charge >= 0.3 is 0 Å². The Kier molecular flexibility index (Phi) is 6.48. The second kappa shape index (κ2) is 7.87. The molecule has 0 unspecified atom stereocenters. The van der Waals surface area contributed by atoms with Gasteiger partial charge < -0.3 is 15.4 Å². The lowest BCUT2D eigenvalue weighted by Gasteiger charge is -2.18. The Hall–Kier alpha value is -1.59. The zero-order chi connectivity index (χ0) is 15.0. The number of nitriles is 1. The largest absolute Gasteiger partial charge is 0.385 e. The number of hydrogen-bond donors (Lipinski definition) is 2. The van der Waals surface area contributed by atoms with E-state index in [4.69, 9.17) is 10.00 Å². The first kappa shape index (κ1) is 16.5. The van der Waals surface area contributed by atoms with Gasteiger partial charge in [0.15, 0.2) is 5.16 Å². The molecule has 0 atom stereocenters. The highest BCUT2D eigenvalue weighted by Gasteiger charge is 2.18. The lowest BCUT2D eigenvalue weighted by Crippen LogP contribution is -2.30. The summed E-state index contributed by atoms with van der Waals surface area (Å²) in [6, 6.07) is 2.15. The minimum absolute atomic E-state index is 0.394. The molecule has 7 nitrogen and oxygen atoms in total. The van der Waals surface area contributed by atoms with E-state index in [-0.39, 0.29) is 0 Å². The third-order valence-electron chi connectivity index (χ3n) is 2.31. The van der Waals surface area contributed by atoms with Crippen molar-refractivity contribution in [1.82, 2.24) is 15.0 Å². The van der Waals surface area contributed by atoms with Crippen LogP contribution in [0.4, 0.5) is 11.9 Å². The number of aromatic nitrogens is 3. The minimum Gasteiger partial charge on any atom is -0.385 e. The van der Waals surface area contributed by atoms with Crippen molar-refractivity contribution in [3.63, 3.8) is 0 Å². The maximum absolute atomic E-state index is 9.03. The first-order valence-corrected chi connectivity index (χ1v) is 7.45. The molecule has 0 fully saturated rings. The average Bonchev–Trinajstić information content (AvgIpc) is 2.43. The van der Waals surface area contributed by atoms with Crippen molar-refractivity contribution in [2.24, 2.45) is 0 Å². The topological polar surface area (TPSA) is 95.8 Å². The van der Waals surface area contributed by atoms with Crippen molar-refractivity contribution >= 4 is 23.7 Å². The van der Waals surface area contributed by atoms with Crippen LogP contribution < -0.4 is 10.6 Å². The van der Waals surface area contributed by atoms with E-state index >= 15 is 0 Å². The Morgan fingerprint density at radius 1 is 1.30 bits per heavy atom. The molecular formula is C12H20N6OS. The number of nitrogens with one attached hydrogen (secondary N) is 2. The van der Waals surface area contributed by atoms with E-state index in [1.165, 1.54) is 11.8 Å². The van der Waals surface area contributed by atoms with Gasteiger partial charge in [-0.15, -0.1) is 0 Å². The van der Waals surface area contributed by atoms with Crippen LogP contribution in [-0.4, -0.2) is 47.0 Å². The Morgan fingerprint density at radius 3 is 2.60 bits per heavy atom. The van der Waals surface area contributed by atoms with Gasteiger partial charge in [-0.3, -0.25) is 0 Å². The molecule has 20 heavy (non-hydrogen) atoms. The van der Waals surface area contributed by atoms with Crippen LogP contribution in [0.25, 0.3) is 0 Å². The van der Waals surface area contributed by atoms with Gasteiger partial charge in [-0.1, -0.05) is 11.8 Å². The van der Waals surface area contributed by atoms with E-state index in [0.29, 0.717) is 30.2 Å². The van der Waals surface area contributed by atoms with E-state index in [0.717, 1.165) is 6.42 Å². The summed E-state index contributed by atoms with van der Waals surface area (Å²) in [7, 11) is 1.67. The van der Waals surface area contributed by atoms with Gasteiger partial charge in [0.25, 0.3) is 0 Å². The van der Waals surface area contributed by atoms with Crippen LogP contribution in [0, 0.1) is 11.3 Å². The molecule has 0 bridgehead atoms. The van der Waals surface area contributed by atoms with Gasteiger partial charge in [0.2, 0.25) is 11.9 Å². The van der Waals surface area contributed by atoms with Crippen molar-refractivity contribution in [2.75, 3.05) is 37.2 Å². The zero-order valence-electron chi connectivity index (χ0n) is 12.2. The highest BCUT2D eigenvalue weighted by molar-refractivity contribution is 7.98. The molecule has 0 saturated heterocycles. The molecule has 0 saturated carbocycles. The van der Waals surface area contributed by atoms with Crippen LogP contribution in [0.1, 0.15) is 20.3 Å². The summed E-state index contributed by atoms with van der Waals surface area (Å²) in [5.41, 5.74) is -0.732. The molecule has 0 amide bonds. The van der Waals surface area contributed by atoms with E-state index in [1.807, 2.05) is 6.26 Å². The SMILES string of the molecule is COCCCNc1nc(NC(C)(C)C#N)nc(SC)n1. The van der Waals surface area contributed by atoms with Crippen LogP contribution >= 0.6 is 11.8 Å². The monoisotopic (exact) mass is 296 g/mol. The predicted octanol–water partition coefficient (Wildman–Crippen LogP) is 1.76. The summed E-state index contributed by atoms with van der Waals surface area (Å²) < 4.78 is 4.98. The summed E-state index contributed by atoms with van der Waals surface area (Å²) in [4.78, 5) is 12.8. The molecule has 110 valence electrons. The smallest absolute Gasteiger partial charge is 0.229 e. The fraction of sp³-hybridized carbons (Fsp3) is 0.667. The van der Waals surface area contributed by atoms with Crippen LogP contribution in [0.5, 0.6) is 0 Å². The van der Waals surface area contributed by atoms with Gasteiger partial charge in [0, 0.05) is 20.3 Å². The summed E-state index contributed by atoms with van der Waals surface area (Å²) in [6.45, 7) is 4.93. The molecule has 1 heterocycles. The Balaban J connectivity index is 2.78. The quantitative estimate of drug-likeness (QED) is 0.553. The number of hydrogen-bond acceptors (Lipinski definition) is 8. The molecule has 0 spiro atoms. The van der Waals surface area contributed by atoms with Gasteiger partial charge in [0.1, 0.15) is 5.54 Å². The fourth-order valence-corrected chi connectivity index (χ4v) is 1.66. The van der Waals surface area contributed by atoms with Crippen molar-refractivity contribution < 1.29 is 4.74 Å². The second-order valence-corrected chi connectivity index (χ2v) is 5.38. The normalized spacial score (nSPS) is 10.9. The third kappa shape index (κ3) is 5.59. The first-order valence-electron chi connectivity index (χ1n) is 6.23. The lowest BCUT2D eigenvalue weighted by molar-refractivity contribution is 0.197. The fourth-order valence-electron chi connectivity index (χ4n) is 1.31. The Labute approximate surface area is 123 Å². The third-order valence-corrected chi connectivity index (χ3v) is 2.86. The molecule has 0 radical (unpaired) electrons. The van der Waals surface area contributed by atoms with Crippen LogP contribution in [0.3, 0.4) is 0 Å².